The molecule has 5 nitrogen and oxygen atoms in total. The van der Waals surface area contributed by atoms with Gasteiger partial charge in [0.05, 0.1) is 11.6 Å². The van der Waals surface area contributed by atoms with Crippen LogP contribution in [-0.4, -0.2) is 45.8 Å². The standard InChI is InChI=1S/C21H27N3O2S2/c1-21(16-4-7-24(8-5-16)18(25)15-6-9-27-12-15)19(26)23-20(28-21)22-17-11-13-2-3-14(17)10-13/h6,9,12-14,16-17H,2-5,7-8,10-11H2,1H3,(H,22,23,26)/t13-,14+,17+,21?/m1/s1. The molecule has 2 bridgehead atoms. The maximum Gasteiger partial charge on any atom is 0.254 e. The number of nitrogens with one attached hydrogen (secondary N) is 1. The van der Waals surface area contributed by atoms with Gasteiger partial charge >= 0.3 is 0 Å². The van der Waals surface area contributed by atoms with Gasteiger partial charge in [-0.1, -0.05) is 18.2 Å². The average molecular weight is 418 g/mol. The van der Waals surface area contributed by atoms with E-state index in [1.165, 1.54) is 25.7 Å². The Morgan fingerprint density at radius 3 is 2.71 bits per heavy atom. The number of carbonyl (C=O) groups excluding carboxylic acids is 2. The number of rotatable bonds is 3. The topological polar surface area (TPSA) is 61.8 Å². The van der Waals surface area contributed by atoms with Crippen LogP contribution in [0.25, 0.3) is 0 Å². The normalized spacial score (nSPS) is 37.0. The van der Waals surface area contributed by atoms with E-state index >= 15 is 0 Å². The maximum atomic E-state index is 12.8. The molecule has 1 aromatic rings. The Balaban J connectivity index is 1.23. The fourth-order valence-electron chi connectivity index (χ4n) is 5.54. The Hall–Kier alpha value is -1.34. The summed E-state index contributed by atoms with van der Waals surface area (Å²) in [7, 11) is 0. The first-order valence-electron chi connectivity index (χ1n) is 10.4. The van der Waals surface area contributed by atoms with Crippen molar-refractivity contribution in [3.05, 3.63) is 22.4 Å². The van der Waals surface area contributed by atoms with Crippen molar-refractivity contribution in [3.63, 3.8) is 0 Å². The molecule has 2 saturated carbocycles. The summed E-state index contributed by atoms with van der Waals surface area (Å²) in [6.45, 7) is 3.51. The number of carbonyl (C=O) groups is 2. The van der Waals surface area contributed by atoms with Crippen molar-refractivity contribution in [3.8, 4) is 0 Å². The van der Waals surface area contributed by atoms with E-state index < -0.39 is 4.75 Å². The van der Waals surface area contributed by atoms with Crippen LogP contribution in [0.3, 0.4) is 0 Å². The van der Waals surface area contributed by atoms with Crippen LogP contribution >= 0.6 is 23.1 Å². The van der Waals surface area contributed by atoms with E-state index in [1.54, 1.807) is 23.1 Å². The lowest BCUT2D eigenvalue weighted by Gasteiger charge is -2.38. The zero-order chi connectivity index (χ0) is 19.3. The first-order chi connectivity index (χ1) is 13.5. The predicted molar refractivity (Wildman–Crippen MR) is 114 cm³/mol. The minimum Gasteiger partial charge on any atom is -0.339 e. The van der Waals surface area contributed by atoms with Gasteiger partial charge in [0.2, 0.25) is 5.91 Å². The number of likely N-dealkylation sites (tertiary alicyclic amines) is 1. The van der Waals surface area contributed by atoms with E-state index in [0.717, 1.165) is 48.5 Å². The molecule has 0 spiro atoms. The number of amides is 2. The molecule has 1 N–H and O–H groups in total. The number of amidine groups is 1. The largest absolute Gasteiger partial charge is 0.339 e. The molecule has 7 heteroatoms. The lowest BCUT2D eigenvalue weighted by atomic mass is 9.84. The fourth-order valence-corrected chi connectivity index (χ4v) is 7.45. The van der Waals surface area contributed by atoms with Gasteiger partial charge in [-0.2, -0.15) is 11.3 Å². The van der Waals surface area contributed by atoms with Crippen LogP contribution in [0.15, 0.2) is 21.8 Å². The molecule has 3 heterocycles. The SMILES string of the molecule is CC1(C2CCN(C(=O)c3ccsc3)CC2)SC(=N[C@H]2C[C@@H]3CC[C@H]2C3)NC1=O. The molecule has 0 aromatic carbocycles. The van der Waals surface area contributed by atoms with Crippen molar-refractivity contribution in [1.82, 2.24) is 10.2 Å². The van der Waals surface area contributed by atoms with Gasteiger partial charge in [-0.25, -0.2) is 0 Å². The molecule has 4 aliphatic rings. The van der Waals surface area contributed by atoms with Crippen molar-refractivity contribution in [2.75, 3.05) is 13.1 Å². The molecule has 4 fully saturated rings. The number of thioether (sulfide) groups is 1. The molecule has 1 unspecified atom stereocenters. The van der Waals surface area contributed by atoms with E-state index in [-0.39, 0.29) is 17.7 Å². The van der Waals surface area contributed by atoms with Crippen molar-refractivity contribution < 1.29 is 9.59 Å². The highest BCUT2D eigenvalue weighted by Gasteiger charge is 2.50. The van der Waals surface area contributed by atoms with E-state index in [1.807, 2.05) is 21.7 Å². The third-order valence-electron chi connectivity index (χ3n) is 7.29. The third-order valence-corrected chi connectivity index (χ3v) is 9.32. The van der Waals surface area contributed by atoms with Crippen molar-refractivity contribution in [1.29, 1.82) is 0 Å². The number of aliphatic imine (C=N–C) groups is 1. The molecule has 150 valence electrons. The first kappa shape index (κ1) is 18.7. The summed E-state index contributed by atoms with van der Waals surface area (Å²) in [5.41, 5.74) is 0.780. The molecule has 2 aliphatic carbocycles. The molecule has 28 heavy (non-hydrogen) atoms. The second-order valence-electron chi connectivity index (χ2n) is 8.92. The number of fused-ring (bicyclic) bond motifs is 2. The molecular weight excluding hydrogens is 390 g/mol. The molecule has 4 atom stereocenters. The Kier molecular flexibility index (Phi) is 4.78. The minimum atomic E-state index is -0.464. The quantitative estimate of drug-likeness (QED) is 0.814. The fraction of sp³-hybridized carbons (Fsp3) is 0.667. The van der Waals surface area contributed by atoms with Crippen LogP contribution < -0.4 is 5.32 Å². The van der Waals surface area contributed by atoms with Crippen LogP contribution in [0, 0.1) is 17.8 Å². The molecule has 2 aliphatic heterocycles. The van der Waals surface area contributed by atoms with Gasteiger partial charge in [0.15, 0.2) is 5.17 Å². The van der Waals surface area contributed by atoms with Gasteiger partial charge in [0.1, 0.15) is 4.75 Å². The smallest absolute Gasteiger partial charge is 0.254 e. The van der Waals surface area contributed by atoms with Crippen LogP contribution in [-0.2, 0) is 4.79 Å². The Morgan fingerprint density at radius 2 is 2.07 bits per heavy atom. The van der Waals surface area contributed by atoms with Gasteiger partial charge in [0.25, 0.3) is 5.91 Å². The van der Waals surface area contributed by atoms with E-state index in [4.69, 9.17) is 4.99 Å². The molecule has 2 amide bonds. The Labute approximate surface area is 174 Å². The van der Waals surface area contributed by atoms with E-state index in [0.29, 0.717) is 6.04 Å². The summed E-state index contributed by atoms with van der Waals surface area (Å²) in [6, 6.07) is 2.30. The average Bonchev–Trinajstić information content (AvgIpc) is 3.48. The van der Waals surface area contributed by atoms with Gasteiger partial charge in [0, 0.05) is 18.5 Å². The maximum absolute atomic E-state index is 12.8. The Bertz CT molecular complexity index is 801. The number of hydrogen-bond donors (Lipinski definition) is 1. The highest BCUT2D eigenvalue weighted by molar-refractivity contribution is 8.16. The number of hydrogen-bond acceptors (Lipinski definition) is 5. The van der Waals surface area contributed by atoms with Crippen LogP contribution in [0.5, 0.6) is 0 Å². The van der Waals surface area contributed by atoms with Crippen molar-refractivity contribution >= 4 is 40.1 Å². The van der Waals surface area contributed by atoms with E-state index in [2.05, 4.69) is 12.2 Å². The number of thiophene rings is 1. The highest BCUT2D eigenvalue weighted by atomic mass is 32.2. The Morgan fingerprint density at radius 1 is 1.25 bits per heavy atom. The minimum absolute atomic E-state index is 0.0991. The summed E-state index contributed by atoms with van der Waals surface area (Å²) in [6.07, 6.45) is 6.94. The monoisotopic (exact) mass is 417 g/mol. The van der Waals surface area contributed by atoms with Crippen LogP contribution in [0.1, 0.15) is 55.8 Å². The highest BCUT2D eigenvalue weighted by Crippen LogP contribution is 2.48. The van der Waals surface area contributed by atoms with Gasteiger partial charge in [-0.3, -0.25) is 14.6 Å². The zero-order valence-corrected chi connectivity index (χ0v) is 17.9. The molecule has 0 radical (unpaired) electrons. The predicted octanol–water partition coefficient (Wildman–Crippen LogP) is 3.77. The van der Waals surface area contributed by atoms with Gasteiger partial charge in [-0.15, -0.1) is 0 Å². The van der Waals surface area contributed by atoms with Crippen LogP contribution in [0.2, 0.25) is 0 Å². The summed E-state index contributed by atoms with van der Waals surface area (Å²) in [5.74, 6) is 2.08. The molecule has 2 saturated heterocycles. The van der Waals surface area contributed by atoms with Crippen molar-refractivity contribution in [2.24, 2.45) is 22.7 Å². The summed E-state index contributed by atoms with van der Waals surface area (Å²) in [5, 5.41) is 7.77. The van der Waals surface area contributed by atoms with Gasteiger partial charge in [-0.05, 0) is 68.2 Å². The summed E-state index contributed by atoms with van der Waals surface area (Å²) in [4.78, 5) is 32.3. The number of nitrogens with zero attached hydrogens (tertiary/aromatic N) is 2. The van der Waals surface area contributed by atoms with Gasteiger partial charge < -0.3 is 10.2 Å². The molecule has 1 aromatic heterocycles. The second kappa shape index (κ2) is 7.17. The van der Waals surface area contributed by atoms with Crippen LogP contribution in [0.4, 0.5) is 0 Å². The lowest BCUT2D eigenvalue weighted by Crippen LogP contribution is -2.47. The first-order valence-corrected chi connectivity index (χ1v) is 12.2. The lowest BCUT2D eigenvalue weighted by molar-refractivity contribution is -0.122. The van der Waals surface area contributed by atoms with E-state index in [9.17, 15) is 9.59 Å². The summed E-state index contributed by atoms with van der Waals surface area (Å²) < 4.78 is -0.464. The third kappa shape index (κ3) is 3.20. The number of piperidine rings is 1. The molecular formula is C21H27N3O2S2. The molecule has 5 rings (SSSR count). The zero-order valence-electron chi connectivity index (χ0n) is 16.2. The second-order valence-corrected chi connectivity index (χ2v) is 11.1. The van der Waals surface area contributed by atoms with Crippen molar-refractivity contribution in [2.45, 2.75) is 56.2 Å². The summed E-state index contributed by atoms with van der Waals surface area (Å²) >= 11 is 3.19.